The summed E-state index contributed by atoms with van der Waals surface area (Å²) in [5.41, 5.74) is 7.01. The second-order valence-corrected chi connectivity index (χ2v) is 5.99. The number of rotatable bonds is 3. The van der Waals surface area contributed by atoms with Crippen molar-refractivity contribution in [2.75, 3.05) is 38.6 Å². The Bertz CT molecular complexity index is 545. The highest BCUT2D eigenvalue weighted by atomic mass is 16.6. The predicted octanol–water partition coefficient (Wildman–Crippen LogP) is 1.95. The van der Waals surface area contributed by atoms with Gasteiger partial charge in [0.15, 0.2) is 17.3 Å². The predicted molar refractivity (Wildman–Crippen MR) is 81.0 cm³/mol. The number of ketones is 1. The van der Waals surface area contributed by atoms with Crippen LogP contribution in [0, 0.1) is 5.92 Å². The maximum Gasteiger partial charge on any atom is 0.179 e. The van der Waals surface area contributed by atoms with Gasteiger partial charge >= 0.3 is 0 Å². The van der Waals surface area contributed by atoms with Crippen molar-refractivity contribution in [2.45, 2.75) is 19.8 Å². The fraction of sp³-hybridized carbons (Fsp3) is 0.562. The van der Waals surface area contributed by atoms with Gasteiger partial charge < -0.3 is 15.2 Å². The van der Waals surface area contributed by atoms with Crippen molar-refractivity contribution in [3.05, 3.63) is 17.7 Å². The Kier molecular flexibility index (Phi) is 4.01. The fourth-order valence-corrected chi connectivity index (χ4v) is 3.06. The molecule has 1 atom stereocenters. The zero-order valence-electron chi connectivity index (χ0n) is 12.4. The van der Waals surface area contributed by atoms with E-state index in [4.69, 9.17) is 15.2 Å². The summed E-state index contributed by atoms with van der Waals surface area (Å²) < 4.78 is 11.0. The van der Waals surface area contributed by atoms with E-state index >= 15 is 0 Å². The van der Waals surface area contributed by atoms with E-state index < -0.39 is 0 Å². The maximum absolute atomic E-state index is 12.5. The van der Waals surface area contributed by atoms with Crippen LogP contribution in [-0.2, 0) is 0 Å². The number of hydrogen-bond acceptors (Lipinski definition) is 5. The molecule has 1 saturated heterocycles. The van der Waals surface area contributed by atoms with Gasteiger partial charge in [-0.3, -0.25) is 9.69 Å². The van der Waals surface area contributed by atoms with Gasteiger partial charge in [0.05, 0.1) is 6.54 Å². The van der Waals surface area contributed by atoms with Gasteiger partial charge in [0, 0.05) is 23.9 Å². The molecule has 0 saturated carbocycles. The van der Waals surface area contributed by atoms with Crippen molar-refractivity contribution in [2.24, 2.45) is 5.92 Å². The molecule has 21 heavy (non-hydrogen) atoms. The summed E-state index contributed by atoms with van der Waals surface area (Å²) in [5.74, 6) is 1.95. The maximum atomic E-state index is 12.5. The van der Waals surface area contributed by atoms with Crippen molar-refractivity contribution in [1.29, 1.82) is 0 Å². The first-order valence-corrected chi connectivity index (χ1v) is 7.58. The van der Waals surface area contributed by atoms with Crippen LogP contribution in [0.3, 0.4) is 0 Å². The average Bonchev–Trinajstić information content (AvgIpc) is 2.46. The van der Waals surface area contributed by atoms with Crippen molar-refractivity contribution in [3.8, 4) is 11.5 Å². The molecule has 5 nitrogen and oxygen atoms in total. The van der Waals surface area contributed by atoms with E-state index in [-0.39, 0.29) is 5.78 Å². The summed E-state index contributed by atoms with van der Waals surface area (Å²) >= 11 is 0. The zero-order valence-corrected chi connectivity index (χ0v) is 12.4. The lowest BCUT2D eigenvalue weighted by molar-refractivity contribution is 0.0893. The van der Waals surface area contributed by atoms with Crippen molar-refractivity contribution < 1.29 is 14.3 Å². The molecule has 0 amide bonds. The van der Waals surface area contributed by atoms with Crippen molar-refractivity contribution in [1.82, 2.24) is 4.90 Å². The van der Waals surface area contributed by atoms with Gasteiger partial charge in [-0.15, -0.1) is 0 Å². The highest BCUT2D eigenvalue weighted by Gasteiger charge is 2.22. The highest BCUT2D eigenvalue weighted by Crippen LogP contribution is 2.34. The van der Waals surface area contributed by atoms with Crippen LogP contribution in [0.15, 0.2) is 12.1 Å². The number of nitrogen functional groups attached to an aromatic ring is 1. The molecule has 1 unspecified atom stereocenters. The minimum atomic E-state index is 0.0542. The van der Waals surface area contributed by atoms with Crippen LogP contribution < -0.4 is 15.2 Å². The number of nitrogens with zero attached hydrogens (tertiary/aromatic N) is 1. The Morgan fingerprint density at radius 3 is 2.76 bits per heavy atom. The number of carbonyl (C=O) groups excluding carboxylic acids is 1. The summed E-state index contributed by atoms with van der Waals surface area (Å²) in [6, 6.07) is 3.42. The lowest BCUT2D eigenvalue weighted by Crippen LogP contribution is -2.38. The first-order chi connectivity index (χ1) is 10.1. The smallest absolute Gasteiger partial charge is 0.179 e. The molecule has 2 N–H and O–H groups in total. The van der Waals surface area contributed by atoms with Crippen LogP contribution in [-0.4, -0.2) is 43.5 Å². The Balaban J connectivity index is 1.75. The third kappa shape index (κ3) is 3.13. The average molecular weight is 290 g/mol. The molecule has 114 valence electrons. The molecule has 1 aromatic carbocycles. The Hall–Kier alpha value is -1.75. The molecule has 0 aliphatic carbocycles. The number of ether oxygens (including phenoxy) is 2. The molecular formula is C16H22N2O3. The molecule has 1 aromatic rings. The minimum absolute atomic E-state index is 0.0542. The van der Waals surface area contributed by atoms with E-state index in [0.717, 1.165) is 19.5 Å². The lowest BCUT2D eigenvalue weighted by atomic mass is 9.99. The standard InChI is InChI=1S/C16H22N2O3/c1-11-3-2-4-18(9-11)10-14(19)12-7-15-16(8-13(12)17)21-6-5-20-15/h7-8,11H,2-6,9-10,17H2,1H3. The van der Waals surface area contributed by atoms with Crippen LogP contribution in [0.4, 0.5) is 5.69 Å². The molecule has 0 aromatic heterocycles. The number of Topliss-reactive ketones (excluding diaryl/α,β-unsaturated/α-hetero) is 1. The number of piperidine rings is 1. The molecule has 0 spiro atoms. The van der Waals surface area contributed by atoms with E-state index in [1.54, 1.807) is 12.1 Å². The van der Waals surface area contributed by atoms with E-state index in [1.807, 2.05) is 0 Å². The third-order valence-corrected chi connectivity index (χ3v) is 4.12. The van der Waals surface area contributed by atoms with Gasteiger partial charge in [-0.25, -0.2) is 0 Å². The zero-order chi connectivity index (χ0) is 14.8. The summed E-state index contributed by atoms with van der Waals surface area (Å²) in [7, 11) is 0. The molecule has 2 heterocycles. The third-order valence-electron chi connectivity index (χ3n) is 4.12. The molecule has 0 bridgehead atoms. The molecule has 2 aliphatic heterocycles. The molecule has 3 rings (SSSR count). The molecule has 1 fully saturated rings. The SMILES string of the molecule is CC1CCCN(CC(=O)c2cc3c(cc2N)OCCO3)C1. The second kappa shape index (κ2) is 5.93. The van der Waals surface area contributed by atoms with Crippen LogP contribution in [0.1, 0.15) is 30.1 Å². The molecule has 2 aliphatic rings. The highest BCUT2D eigenvalue weighted by molar-refractivity contribution is 6.02. The summed E-state index contributed by atoms with van der Waals surface area (Å²) in [5, 5.41) is 0. The van der Waals surface area contributed by atoms with Gasteiger partial charge in [-0.1, -0.05) is 6.92 Å². The number of fused-ring (bicyclic) bond motifs is 1. The van der Waals surface area contributed by atoms with E-state index in [1.165, 1.54) is 6.42 Å². The summed E-state index contributed by atoms with van der Waals surface area (Å²) in [4.78, 5) is 14.7. The largest absolute Gasteiger partial charge is 0.486 e. The van der Waals surface area contributed by atoms with Gasteiger partial charge in [-0.05, 0) is 31.4 Å². The van der Waals surface area contributed by atoms with Gasteiger partial charge in [0.2, 0.25) is 0 Å². The Morgan fingerprint density at radius 1 is 1.33 bits per heavy atom. The number of benzene rings is 1. The number of likely N-dealkylation sites (tertiary alicyclic amines) is 1. The van der Waals surface area contributed by atoms with Crippen LogP contribution in [0.5, 0.6) is 11.5 Å². The summed E-state index contributed by atoms with van der Waals surface area (Å²) in [6.07, 6.45) is 2.40. The Labute approximate surface area is 125 Å². The van der Waals surface area contributed by atoms with Crippen LogP contribution in [0.2, 0.25) is 0 Å². The number of nitrogens with two attached hydrogens (primary N) is 1. The minimum Gasteiger partial charge on any atom is -0.486 e. The number of carbonyl (C=O) groups is 1. The second-order valence-electron chi connectivity index (χ2n) is 5.99. The topological polar surface area (TPSA) is 64.8 Å². The fourth-order valence-electron chi connectivity index (χ4n) is 3.06. The normalized spacial score (nSPS) is 22.0. The first kappa shape index (κ1) is 14.2. The molecule has 5 heteroatoms. The van der Waals surface area contributed by atoms with Crippen LogP contribution >= 0.6 is 0 Å². The first-order valence-electron chi connectivity index (χ1n) is 7.58. The monoisotopic (exact) mass is 290 g/mol. The molecule has 0 radical (unpaired) electrons. The number of anilines is 1. The summed E-state index contributed by atoms with van der Waals surface area (Å²) in [6.45, 7) is 5.65. The molecular weight excluding hydrogens is 268 g/mol. The lowest BCUT2D eigenvalue weighted by Gasteiger charge is -2.30. The quantitative estimate of drug-likeness (QED) is 0.681. The van der Waals surface area contributed by atoms with E-state index in [2.05, 4.69) is 11.8 Å². The Morgan fingerprint density at radius 2 is 2.05 bits per heavy atom. The number of hydrogen-bond donors (Lipinski definition) is 1. The van der Waals surface area contributed by atoms with Gasteiger partial charge in [-0.2, -0.15) is 0 Å². The van der Waals surface area contributed by atoms with E-state index in [0.29, 0.717) is 48.4 Å². The van der Waals surface area contributed by atoms with Gasteiger partial charge in [0.1, 0.15) is 13.2 Å². The van der Waals surface area contributed by atoms with Crippen molar-refractivity contribution in [3.63, 3.8) is 0 Å². The van der Waals surface area contributed by atoms with Crippen LogP contribution in [0.25, 0.3) is 0 Å². The van der Waals surface area contributed by atoms with E-state index in [9.17, 15) is 4.79 Å². The van der Waals surface area contributed by atoms with Crippen molar-refractivity contribution >= 4 is 11.5 Å². The van der Waals surface area contributed by atoms with Gasteiger partial charge in [0.25, 0.3) is 0 Å².